The minimum absolute atomic E-state index is 0.0176. The molecule has 0 aliphatic carbocycles. The third-order valence-electron chi connectivity index (χ3n) is 4.17. The van der Waals surface area contributed by atoms with Gasteiger partial charge in [0.2, 0.25) is 5.91 Å². The van der Waals surface area contributed by atoms with Crippen molar-refractivity contribution in [3.63, 3.8) is 0 Å². The topological polar surface area (TPSA) is 36.4 Å². The maximum Gasteiger partial charge on any atom is 0.240 e. The van der Waals surface area contributed by atoms with Crippen LogP contribution in [-0.4, -0.2) is 47.3 Å². The largest absolute Gasteiger partial charge is 0.353 e. The summed E-state index contributed by atoms with van der Waals surface area (Å²) >= 11 is 5.88. The van der Waals surface area contributed by atoms with Gasteiger partial charge in [-0.1, -0.05) is 18.2 Å². The zero-order chi connectivity index (χ0) is 15.7. The van der Waals surface area contributed by atoms with Crippen LogP contribution in [0.5, 0.6) is 0 Å². The SMILES string of the molecule is Cc1cc(N2CCN(C(=O)C(C)Cl)CC2)nc2ccccc12. The van der Waals surface area contributed by atoms with Gasteiger partial charge in [0.1, 0.15) is 11.2 Å². The summed E-state index contributed by atoms with van der Waals surface area (Å²) in [5.74, 6) is 1.01. The molecule has 3 rings (SSSR count). The van der Waals surface area contributed by atoms with E-state index in [1.807, 2.05) is 23.1 Å². The third-order valence-corrected chi connectivity index (χ3v) is 4.35. The van der Waals surface area contributed by atoms with Crippen LogP contribution >= 0.6 is 11.6 Å². The number of fused-ring (bicyclic) bond motifs is 1. The van der Waals surface area contributed by atoms with Crippen LogP contribution in [0.15, 0.2) is 30.3 Å². The quantitative estimate of drug-likeness (QED) is 0.799. The van der Waals surface area contributed by atoms with Gasteiger partial charge in [0.05, 0.1) is 5.52 Å². The van der Waals surface area contributed by atoms with Crippen molar-refractivity contribution in [1.29, 1.82) is 0 Å². The highest BCUT2D eigenvalue weighted by molar-refractivity contribution is 6.30. The van der Waals surface area contributed by atoms with Crippen LogP contribution in [0.3, 0.4) is 0 Å². The Morgan fingerprint density at radius 3 is 2.59 bits per heavy atom. The molecule has 2 heterocycles. The molecule has 5 heteroatoms. The highest BCUT2D eigenvalue weighted by Crippen LogP contribution is 2.23. The number of benzene rings is 1. The number of carbonyl (C=O) groups is 1. The maximum absolute atomic E-state index is 11.9. The van der Waals surface area contributed by atoms with E-state index in [9.17, 15) is 4.79 Å². The number of alkyl halides is 1. The average molecular weight is 318 g/mol. The monoisotopic (exact) mass is 317 g/mol. The highest BCUT2D eigenvalue weighted by Gasteiger charge is 2.24. The smallest absolute Gasteiger partial charge is 0.240 e. The van der Waals surface area contributed by atoms with Gasteiger partial charge in [0, 0.05) is 31.6 Å². The van der Waals surface area contributed by atoms with Crippen molar-refractivity contribution in [3.8, 4) is 0 Å². The lowest BCUT2D eigenvalue weighted by molar-refractivity contribution is -0.130. The molecule has 0 radical (unpaired) electrons. The Morgan fingerprint density at radius 2 is 1.91 bits per heavy atom. The number of halogens is 1. The van der Waals surface area contributed by atoms with Gasteiger partial charge in [-0.05, 0) is 31.5 Å². The molecule has 0 saturated carbocycles. The van der Waals surface area contributed by atoms with Gasteiger partial charge in [-0.2, -0.15) is 0 Å². The Morgan fingerprint density at radius 1 is 1.23 bits per heavy atom. The van der Waals surface area contributed by atoms with Crippen molar-refractivity contribution in [2.24, 2.45) is 0 Å². The first-order valence-corrected chi connectivity index (χ1v) is 8.04. The number of para-hydroxylation sites is 1. The molecule has 1 atom stereocenters. The Labute approximate surface area is 135 Å². The van der Waals surface area contributed by atoms with E-state index in [1.165, 1.54) is 10.9 Å². The van der Waals surface area contributed by atoms with E-state index in [-0.39, 0.29) is 5.91 Å². The van der Waals surface area contributed by atoms with Crippen molar-refractivity contribution in [3.05, 3.63) is 35.9 Å². The predicted molar refractivity (Wildman–Crippen MR) is 90.6 cm³/mol. The fourth-order valence-electron chi connectivity index (χ4n) is 2.90. The van der Waals surface area contributed by atoms with E-state index in [2.05, 4.69) is 24.0 Å². The first-order chi connectivity index (χ1) is 10.6. The number of amides is 1. The molecule has 4 nitrogen and oxygen atoms in total. The molecule has 22 heavy (non-hydrogen) atoms. The normalized spacial score (nSPS) is 16.9. The van der Waals surface area contributed by atoms with Crippen molar-refractivity contribution in [1.82, 2.24) is 9.88 Å². The molecule has 0 N–H and O–H groups in total. The summed E-state index contributed by atoms with van der Waals surface area (Å²) in [6.07, 6.45) is 0. The van der Waals surface area contributed by atoms with Crippen molar-refractivity contribution in [2.75, 3.05) is 31.1 Å². The first kappa shape index (κ1) is 15.1. The Hall–Kier alpha value is -1.81. The summed E-state index contributed by atoms with van der Waals surface area (Å²) in [4.78, 5) is 20.8. The standard InChI is InChI=1S/C17H20ClN3O/c1-12-11-16(19-15-6-4-3-5-14(12)15)20-7-9-21(10-8-20)17(22)13(2)18/h3-6,11,13H,7-10H2,1-2H3. The molecule has 1 fully saturated rings. The number of nitrogens with zero attached hydrogens (tertiary/aromatic N) is 3. The van der Waals surface area contributed by atoms with Crippen LogP contribution < -0.4 is 4.90 Å². The van der Waals surface area contributed by atoms with Crippen molar-refractivity contribution >= 4 is 34.2 Å². The third kappa shape index (κ3) is 2.88. The molecule has 1 aliphatic heterocycles. The van der Waals surface area contributed by atoms with E-state index >= 15 is 0 Å². The molecular weight excluding hydrogens is 298 g/mol. The number of carbonyl (C=O) groups excluding carboxylic acids is 1. The van der Waals surface area contributed by atoms with Crippen LogP contribution in [-0.2, 0) is 4.79 Å². The lowest BCUT2D eigenvalue weighted by Gasteiger charge is -2.36. The van der Waals surface area contributed by atoms with E-state index < -0.39 is 5.38 Å². The van der Waals surface area contributed by atoms with Crippen LogP contribution in [0.4, 0.5) is 5.82 Å². The second-order valence-corrected chi connectivity index (χ2v) is 6.40. The Bertz CT molecular complexity index is 693. The molecule has 0 spiro atoms. The first-order valence-electron chi connectivity index (χ1n) is 7.60. The lowest BCUT2D eigenvalue weighted by atomic mass is 10.1. The zero-order valence-corrected chi connectivity index (χ0v) is 13.7. The molecule has 1 amide bonds. The molecular formula is C17H20ClN3O. The second kappa shape index (κ2) is 6.13. The van der Waals surface area contributed by atoms with Gasteiger partial charge in [0.15, 0.2) is 0 Å². The number of pyridine rings is 1. The molecule has 2 aromatic rings. The van der Waals surface area contributed by atoms with Crippen molar-refractivity contribution in [2.45, 2.75) is 19.2 Å². The van der Waals surface area contributed by atoms with Gasteiger partial charge in [-0.25, -0.2) is 4.98 Å². The van der Waals surface area contributed by atoms with Crippen LogP contribution in [0.25, 0.3) is 10.9 Å². The molecule has 1 aromatic carbocycles. The van der Waals surface area contributed by atoms with Crippen molar-refractivity contribution < 1.29 is 4.79 Å². The number of hydrogen-bond acceptors (Lipinski definition) is 3. The lowest BCUT2D eigenvalue weighted by Crippen LogP contribution is -2.50. The highest BCUT2D eigenvalue weighted by atomic mass is 35.5. The maximum atomic E-state index is 11.9. The van der Waals surface area contributed by atoms with Crippen LogP contribution in [0, 0.1) is 6.92 Å². The average Bonchev–Trinajstić information content (AvgIpc) is 2.54. The summed E-state index contributed by atoms with van der Waals surface area (Å²) in [6, 6.07) is 10.3. The Kier molecular flexibility index (Phi) is 4.21. The summed E-state index contributed by atoms with van der Waals surface area (Å²) in [7, 11) is 0. The molecule has 0 bridgehead atoms. The number of aryl methyl sites for hydroxylation is 1. The van der Waals surface area contributed by atoms with Gasteiger partial charge in [-0.3, -0.25) is 4.79 Å². The second-order valence-electron chi connectivity index (χ2n) is 5.74. The fourth-order valence-corrected chi connectivity index (χ4v) is 3.04. The van der Waals surface area contributed by atoms with E-state index in [4.69, 9.17) is 16.6 Å². The van der Waals surface area contributed by atoms with Gasteiger partial charge in [0.25, 0.3) is 0 Å². The molecule has 1 aromatic heterocycles. The summed E-state index contributed by atoms with van der Waals surface area (Å²) in [6.45, 7) is 6.82. The van der Waals surface area contributed by atoms with Crippen LogP contribution in [0.2, 0.25) is 0 Å². The van der Waals surface area contributed by atoms with Gasteiger partial charge >= 0.3 is 0 Å². The molecule has 1 unspecified atom stereocenters. The fraction of sp³-hybridized carbons (Fsp3) is 0.412. The van der Waals surface area contributed by atoms with E-state index in [0.29, 0.717) is 13.1 Å². The number of hydrogen-bond donors (Lipinski definition) is 0. The minimum atomic E-state index is -0.451. The minimum Gasteiger partial charge on any atom is -0.353 e. The number of piperazine rings is 1. The van der Waals surface area contributed by atoms with Gasteiger partial charge in [-0.15, -0.1) is 11.6 Å². The number of rotatable bonds is 2. The van der Waals surface area contributed by atoms with E-state index in [1.54, 1.807) is 6.92 Å². The van der Waals surface area contributed by atoms with E-state index in [0.717, 1.165) is 24.4 Å². The predicted octanol–water partition coefficient (Wildman–Crippen LogP) is 2.82. The molecule has 116 valence electrons. The van der Waals surface area contributed by atoms with Crippen LogP contribution in [0.1, 0.15) is 12.5 Å². The summed E-state index contributed by atoms with van der Waals surface area (Å²) < 4.78 is 0. The number of aromatic nitrogens is 1. The summed E-state index contributed by atoms with van der Waals surface area (Å²) in [5.41, 5.74) is 2.25. The molecule has 1 aliphatic rings. The Balaban J connectivity index is 1.78. The zero-order valence-electron chi connectivity index (χ0n) is 12.9. The van der Waals surface area contributed by atoms with Gasteiger partial charge < -0.3 is 9.80 Å². The summed E-state index contributed by atoms with van der Waals surface area (Å²) in [5, 5.41) is 0.739. The number of anilines is 1. The molecule has 1 saturated heterocycles.